The molecule has 6 heteroatoms. The SMILES string of the molecule is CCCCOC(=O)C1(C(O)C2CC2)CC[C@@H](NC(=O)OC(C)(C)C)C1. The predicted molar refractivity (Wildman–Crippen MR) is 94.0 cm³/mol. The maximum Gasteiger partial charge on any atom is 0.407 e. The number of nitrogens with one attached hydrogen (secondary N) is 1. The number of ether oxygens (including phenoxy) is 2. The molecule has 2 fully saturated rings. The van der Waals surface area contributed by atoms with Crippen molar-refractivity contribution in [3.05, 3.63) is 0 Å². The first-order valence-corrected chi connectivity index (χ1v) is 9.53. The maximum atomic E-state index is 12.7. The highest BCUT2D eigenvalue weighted by Gasteiger charge is 2.56. The van der Waals surface area contributed by atoms with Crippen LogP contribution in [0.5, 0.6) is 0 Å². The number of alkyl carbamates (subject to hydrolysis) is 1. The number of carbonyl (C=O) groups excluding carboxylic acids is 2. The molecule has 0 aromatic rings. The molecule has 0 bridgehead atoms. The van der Waals surface area contributed by atoms with Gasteiger partial charge in [-0.05, 0) is 65.2 Å². The molecule has 2 unspecified atom stereocenters. The average molecular weight is 355 g/mol. The van der Waals surface area contributed by atoms with Crippen molar-refractivity contribution in [1.29, 1.82) is 0 Å². The van der Waals surface area contributed by atoms with Crippen molar-refractivity contribution in [2.75, 3.05) is 6.61 Å². The number of rotatable bonds is 7. The van der Waals surface area contributed by atoms with Crippen LogP contribution >= 0.6 is 0 Å². The van der Waals surface area contributed by atoms with E-state index >= 15 is 0 Å². The third kappa shape index (κ3) is 5.33. The number of esters is 1. The Morgan fingerprint density at radius 1 is 1.28 bits per heavy atom. The molecular formula is C19H33NO5. The van der Waals surface area contributed by atoms with Crippen LogP contribution in [0.2, 0.25) is 0 Å². The van der Waals surface area contributed by atoms with Gasteiger partial charge in [0.15, 0.2) is 0 Å². The zero-order valence-corrected chi connectivity index (χ0v) is 16.0. The smallest absolute Gasteiger partial charge is 0.407 e. The van der Waals surface area contributed by atoms with Crippen molar-refractivity contribution >= 4 is 12.1 Å². The molecule has 6 nitrogen and oxygen atoms in total. The molecule has 144 valence electrons. The molecule has 1 amide bonds. The topological polar surface area (TPSA) is 84.9 Å². The standard InChI is InChI=1S/C19H33NO5/c1-5-6-11-24-16(22)19(15(21)13-7-8-13)10-9-14(12-19)20-17(23)25-18(2,3)4/h13-15,21H,5-12H2,1-4H3,(H,20,23)/t14-,15?,19?/m1/s1. The van der Waals surface area contributed by atoms with E-state index in [0.717, 1.165) is 25.7 Å². The number of aliphatic hydroxyl groups excluding tert-OH is 1. The first-order chi connectivity index (χ1) is 11.7. The van der Waals surface area contributed by atoms with Gasteiger partial charge in [-0.3, -0.25) is 4.79 Å². The fraction of sp³-hybridized carbons (Fsp3) is 0.895. The second-order valence-electron chi connectivity index (χ2n) is 8.51. The largest absolute Gasteiger partial charge is 0.465 e. The lowest BCUT2D eigenvalue weighted by Gasteiger charge is -2.32. The summed E-state index contributed by atoms with van der Waals surface area (Å²) >= 11 is 0. The molecule has 2 saturated carbocycles. The third-order valence-electron chi connectivity index (χ3n) is 5.04. The maximum absolute atomic E-state index is 12.7. The Labute approximate surface area is 150 Å². The molecule has 25 heavy (non-hydrogen) atoms. The van der Waals surface area contributed by atoms with E-state index in [0.29, 0.717) is 25.9 Å². The lowest BCUT2D eigenvalue weighted by Crippen LogP contribution is -2.45. The van der Waals surface area contributed by atoms with Gasteiger partial charge in [0.05, 0.1) is 18.1 Å². The van der Waals surface area contributed by atoms with Crippen molar-refractivity contribution in [1.82, 2.24) is 5.32 Å². The molecule has 0 aromatic heterocycles. The molecule has 0 aromatic carbocycles. The second kappa shape index (κ2) is 7.94. The Morgan fingerprint density at radius 3 is 2.52 bits per heavy atom. The highest BCUT2D eigenvalue weighted by molar-refractivity contribution is 5.78. The fourth-order valence-corrected chi connectivity index (χ4v) is 3.56. The minimum atomic E-state index is -0.894. The van der Waals surface area contributed by atoms with Crippen LogP contribution in [0, 0.1) is 11.3 Å². The average Bonchev–Trinajstić information content (AvgIpc) is 3.26. The molecule has 2 aliphatic carbocycles. The Bertz CT molecular complexity index is 483. The summed E-state index contributed by atoms with van der Waals surface area (Å²) < 4.78 is 10.8. The summed E-state index contributed by atoms with van der Waals surface area (Å²) in [6.45, 7) is 7.87. The summed E-state index contributed by atoms with van der Waals surface area (Å²) in [5, 5.41) is 13.6. The van der Waals surface area contributed by atoms with E-state index in [2.05, 4.69) is 5.32 Å². The monoisotopic (exact) mass is 355 g/mol. The molecule has 2 N–H and O–H groups in total. The van der Waals surface area contributed by atoms with Crippen molar-refractivity contribution in [3.63, 3.8) is 0 Å². The van der Waals surface area contributed by atoms with Crippen molar-refractivity contribution in [2.24, 2.45) is 11.3 Å². The van der Waals surface area contributed by atoms with Gasteiger partial charge < -0.3 is 19.9 Å². The fourth-order valence-electron chi connectivity index (χ4n) is 3.56. The number of amides is 1. The van der Waals surface area contributed by atoms with Crippen LogP contribution in [0.25, 0.3) is 0 Å². The van der Waals surface area contributed by atoms with Crippen LogP contribution < -0.4 is 5.32 Å². The van der Waals surface area contributed by atoms with Crippen molar-refractivity contribution in [2.45, 2.75) is 90.4 Å². The Kier molecular flexibility index (Phi) is 6.35. The Balaban J connectivity index is 2.00. The zero-order chi connectivity index (χ0) is 18.7. The Hall–Kier alpha value is -1.30. The molecule has 0 radical (unpaired) electrons. The van der Waals surface area contributed by atoms with Gasteiger partial charge in [-0.15, -0.1) is 0 Å². The molecule has 3 atom stereocenters. The van der Waals surface area contributed by atoms with Crippen LogP contribution in [0.4, 0.5) is 4.79 Å². The van der Waals surface area contributed by atoms with E-state index in [4.69, 9.17) is 9.47 Å². The minimum absolute atomic E-state index is 0.179. The van der Waals surface area contributed by atoms with Crippen LogP contribution in [-0.4, -0.2) is 41.5 Å². The number of carbonyl (C=O) groups is 2. The van der Waals surface area contributed by atoms with Gasteiger partial charge in [-0.1, -0.05) is 13.3 Å². The van der Waals surface area contributed by atoms with Crippen LogP contribution in [0.1, 0.15) is 72.6 Å². The summed E-state index contributed by atoms with van der Waals surface area (Å²) in [7, 11) is 0. The number of unbranched alkanes of at least 4 members (excludes halogenated alkanes) is 1. The van der Waals surface area contributed by atoms with Crippen LogP contribution in [0.3, 0.4) is 0 Å². The highest BCUT2D eigenvalue weighted by Crippen LogP contribution is 2.50. The van der Waals surface area contributed by atoms with E-state index in [9.17, 15) is 14.7 Å². The van der Waals surface area contributed by atoms with Crippen molar-refractivity contribution < 1.29 is 24.2 Å². The number of hydrogen-bond acceptors (Lipinski definition) is 5. The van der Waals surface area contributed by atoms with Gasteiger partial charge in [0.1, 0.15) is 5.60 Å². The molecule has 2 rings (SSSR count). The number of aliphatic hydroxyl groups is 1. The van der Waals surface area contributed by atoms with E-state index in [1.165, 1.54) is 0 Å². The molecule has 2 aliphatic rings. The highest BCUT2D eigenvalue weighted by atomic mass is 16.6. The molecular weight excluding hydrogens is 322 g/mol. The van der Waals surface area contributed by atoms with Gasteiger partial charge in [0, 0.05) is 6.04 Å². The summed E-state index contributed by atoms with van der Waals surface area (Å²) in [5.41, 5.74) is -1.46. The first-order valence-electron chi connectivity index (χ1n) is 9.53. The predicted octanol–water partition coefficient (Wildman–Crippen LogP) is 3.16. The summed E-state index contributed by atoms with van der Waals surface area (Å²) in [6, 6.07) is -0.179. The van der Waals surface area contributed by atoms with Crippen LogP contribution in [-0.2, 0) is 14.3 Å². The Morgan fingerprint density at radius 2 is 1.96 bits per heavy atom. The van der Waals surface area contributed by atoms with E-state index in [1.54, 1.807) is 0 Å². The van der Waals surface area contributed by atoms with E-state index in [1.807, 2.05) is 27.7 Å². The zero-order valence-electron chi connectivity index (χ0n) is 16.0. The van der Waals surface area contributed by atoms with Crippen molar-refractivity contribution in [3.8, 4) is 0 Å². The van der Waals surface area contributed by atoms with E-state index in [-0.39, 0.29) is 17.9 Å². The first kappa shape index (κ1) is 20.0. The van der Waals surface area contributed by atoms with Gasteiger partial charge in [-0.2, -0.15) is 0 Å². The molecule has 0 spiro atoms. The third-order valence-corrected chi connectivity index (χ3v) is 5.04. The van der Waals surface area contributed by atoms with Gasteiger partial charge >= 0.3 is 12.1 Å². The van der Waals surface area contributed by atoms with E-state index < -0.39 is 23.2 Å². The van der Waals surface area contributed by atoms with Crippen LogP contribution in [0.15, 0.2) is 0 Å². The molecule has 0 aliphatic heterocycles. The quantitative estimate of drug-likeness (QED) is 0.541. The summed E-state index contributed by atoms with van der Waals surface area (Å²) in [6.07, 6.45) is 4.11. The molecule has 0 saturated heterocycles. The summed E-state index contributed by atoms with van der Waals surface area (Å²) in [4.78, 5) is 24.8. The van der Waals surface area contributed by atoms with Gasteiger partial charge in [0.25, 0.3) is 0 Å². The number of hydrogen-bond donors (Lipinski definition) is 2. The lowest BCUT2D eigenvalue weighted by atomic mass is 9.78. The molecule has 0 heterocycles. The second-order valence-corrected chi connectivity index (χ2v) is 8.51. The normalized spacial score (nSPS) is 27.6. The van der Waals surface area contributed by atoms with Gasteiger partial charge in [0.2, 0.25) is 0 Å². The van der Waals surface area contributed by atoms with Gasteiger partial charge in [-0.25, -0.2) is 4.79 Å². The summed E-state index contributed by atoms with van der Waals surface area (Å²) in [5.74, 6) is -0.132. The minimum Gasteiger partial charge on any atom is -0.465 e. The lowest BCUT2D eigenvalue weighted by molar-refractivity contribution is -0.164.